The van der Waals surface area contributed by atoms with E-state index in [2.05, 4.69) is 34.3 Å². The summed E-state index contributed by atoms with van der Waals surface area (Å²) >= 11 is 1.71. The molecule has 0 aliphatic heterocycles. The first kappa shape index (κ1) is 15.3. The lowest BCUT2D eigenvalue weighted by Crippen LogP contribution is -2.22. The topological polar surface area (TPSA) is 29.1 Å². The Hall–Kier alpha value is -1.13. The molecule has 1 aromatic carbocycles. The molecule has 0 radical (unpaired) electrons. The highest BCUT2D eigenvalue weighted by Crippen LogP contribution is 2.19. The summed E-state index contributed by atoms with van der Waals surface area (Å²) in [5, 5.41) is 7.63. The maximum Gasteiger partial charge on any atom is 0.0491 e. The molecule has 2 nitrogen and oxygen atoms in total. The molecule has 0 aliphatic carbocycles. The number of benzene rings is 1. The number of thiophene rings is 1. The van der Waals surface area contributed by atoms with Gasteiger partial charge in [0.15, 0.2) is 0 Å². The van der Waals surface area contributed by atoms with Crippen molar-refractivity contribution in [3.8, 4) is 0 Å². The van der Waals surface area contributed by atoms with Crippen LogP contribution < -0.4 is 5.32 Å². The van der Waals surface area contributed by atoms with Crippen molar-refractivity contribution in [3.63, 3.8) is 0 Å². The summed E-state index contributed by atoms with van der Waals surface area (Å²) in [5.41, 5.74) is 3.49. The second kappa shape index (κ2) is 6.55. The average Bonchev–Trinajstić information content (AvgIpc) is 2.89. The van der Waals surface area contributed by atoms with Gasteiger partial charge in [-0.25, -0.2) is 0 Å². The van der Waals surface area contributed by atoms with Crippen molar-refractivity contribution in [3.05, 3.63) is 52.2 Å². The summed E-state index contributed by atoms with van der Waals surface area (Å²) in [4.78, 5) is 0. The zero-order chi connectivity index (χ0) is 14.6. The zero-order valence-electron chi connectivity index (χ0n) is 12.2. The van der Waals surface area contributed by atoms with E-state index in [9.17, 15) is 4.21 Å². The molecule has 4 heteroatoms. The highest BCUT2D eigenvalue weighted by molar-refractivity contribution is 7.85. The van der Waals surface area contributed by atoms with Crippen LogP contribution in [0.25, 0.3) is 0 Å². The van der Waals surface area contributed by atoms with Crippen molar-refractivity contribution in [1.29, 1.82) is 0 Å². The summed E-state index contributed by atoms with van der Waals surface area (Å²) < 4.78 is 12.0. The molecule has 1 atom stereocenters. The predicted molar refractivity (Wildman–Crippen MR) is 89.7 cm³/mol. The Morgan fingerprint density at radius 1 is 1.20 bits per heavy atom. The largest absolute Gasteiger partial charge is 0.381 e. The van der Waals surface area contributed by atoms with Crippen LogP contribution in [0.3, 0.4) is 0 Å². The highest BCUT2D eigenvalue weighted by Gasteiger charge is 2.19. The molecule has 1 N–H and O–H groups in total. The van der Waals surface area contributed by atoms with Gasteiger partial charge in [0.2, 0.25) is 0 Å². The third kappa shape index (κ3) is 4.46. The van der Waals surface area contributed by atoms with Crippen LogP contribution in [0.2, 0.25) is 0 Å². The minimum absolute atomic E-state index is 0.167. The summed E-state index contributed by atoms with van der Waals surface area (Å²) in [6.07, 6.45) is 0. The fraction of sp³-hybridized carbons (Fsp3) is 0.375. The van der Waals surface area contributed by atoms with Gasteiger partial charge in [-0.3, -0.25) is 4.21 Å². The SMILES string of the molecule is CC(C)(C)S(=O)Cc1cccc(NCc2ccsc2)c1. The van der Waals surface area contributed by atoms with Crippen molar-refractivity contribution in [2.24, 2.45) is 0 Å². The molecule has 0 fully saturated rings. The van der Waals surface area contributed by atoms with Crippen LogP contribution in [0.4, 0.5) is 5.69 Å². The normalized spacial score (nSPS) is 13.2. The fourth-order valence-electron chi connectivity index (χ4n) is 1.74. The molecule has 0 saturated heterocycles. The first-order valence-corrected chi connectivity index (χ1v) is 8.94. The summed E-state index contributed by atoms with van der Waals surface area (Å²) in [7, 11) is -0.856. The summed E-state index contributed by atoms with van der Waals surface area (Å²) in [5.74, 6) is 0.609. The molecule has 108 valence electrons. The Bertz CT molecular complexity index is 570. The Kier molecular flexibility index (Phi) is 5.00. The fourth-order valence-corrected chi connectivity index (χ4v) is 3.32. The maximum absolute atomic E-state index is 12.2. The molecule has 0 saturated carbocycles. The van der Waals surface area contributed by atoms with Crippen LogP contribution in [0.1, 0.15) is 31.9 Å². The molecule has 20 heavy (non-hydrogen) atoms. The van der Waals surface area contributed by atoms with Crippen molar-refractivity contribution in [2.45, 2.75) is 37.8 Å². The van der Waals surface area contributed by atoms with Crippen molar-refractivity contribution < 1.29 is 4.21 Å². The van der Waals surface area contributed by atoms with E-state index in [1.807, 2.05) is 32.9 Å². The molecule has 0 spiro atoms. The molecule has 2 rings (SSSR count). The van der Waals surface area contributed by atoms with E-state index in [0.29, 0.717) is 5.75 Å². The van der Waals surface area contributed by atoms with E-state index in [0.717, 1.165) is 17.8 Å². The van der Waals surface area contributed by atoms with Crippen LogP contribution >= 0.6 is 11.3 Å². The molecule has 1 aromatic heterocycles. The number of rotatable bonds is 5. The predicted octanol–water partition coefficient (Wildman–Crippen LogP) is 4.41. The van der Waals surface area contributed by atoms with Gasteiger partial charge in [-0.1, -0.05) is 12.1 Å². The molecule has 0 bridgehead atoms. The first-order chi connectivity index (χ1) is 9.45. The van der Waals surface area contributed by atoms with Gasteiger partial charge in [-0.05, 0) is 60.9 Å². The van der Waals surface area contributed by atoms with Crippen LogP contribution in [0, 0.1) is 0 Å². The quantitative estimate of drug-likeness (QED) is 0.886. The van der Waals surface area contributed by atoms with Gasteiger partial charge in [0, 0.05) is 33.5 Å². The van der Waals surface area contributed by atoms with E-state index in [1.165, 1.54) is 5.56 Å². The van der Waals surface area contributed by atoms with E-state index in [1.54, 1.807) is 11.3 Å². The van der Waals surface area contributed by atoms with Gasteiger partial charge in [0.1, 0.15) is 0 Å². The van der Waals surface area contributed by atoms with Crippen molar-refractivity contribution in [1.82, 2.24) is 0 Å². The third-order valence-corrected chi connectivity index (χ3v) is 5.68. The van der Waals surface area contributed by atoms with Crippen molar-refractivity contribution in [2.75, 3.05) is 5.32 Å². The lowest BCUT2D eigenvalue weighted by atomic mass is 10.2. The van der Waals surface area contributed by atoms with E-state index in [4.69, 9.17) is 0 Å². The van der Waals surface area contributed by atoms with Crippen LogP contribution in [-0.2, 0) is 23.1 Å². The molecule has 1 unspecified atom stereocenters. The van der Waals surface area contributed by atoms with Crippen LogP contribution in [0.15, 0.2) is 41.1 Å². The number of nitrogens with one attached hydrogen (secondary N) is 1. The Balaban J connectivity index is 1.99. The molecule has 0 aliphatic rings. The number of hydrogen-bond acceptors (Lipinski definition) is 3. The zero-order valence-corrected chi connectivity index (χ0v) is 13.8. The van der Waals surface area contributed by atoms with E-state index in [-0.39, 0.29) is 4.75 Å². The van der Waals surface area contributed by atoms with E-state index < -0.39 is 10.8 Å². The van der Waals surface area contributed by atoms with Crippen LogP contribution in [0.5, 0.6) is 0 Å². The van der Waals surface area contributed by atoms with Gasteiger partial charge in [-0.2, -0.15) is 11.3 Å². The standard InChI is InChI=1S/C16H21NOS2/c1-16(2,3)20(18)12-13-5-4-6-15(9-13)17-10-14-7-8-19-11-14/h4-9,11,17H,10,12H2,1-3H3. The Morgan fingerprint density at radius 3 is 2.65 bits per heavy atom. The molecule has 2 aromatic rings. The Labute approximate surface area is 127 Å². The average molecular weight is 307 g/mol. The minimum Gasteiger partial charge on any atom is -0.381 e. The van der Waals surface area contributed by atoms with Gasteiger partial charge < -0.3 is 5.32 Å². The summed E-state index contributed by atoms with van der Waals surface area (Å²) in [6, 6.07) is 10.3. The minimum atomic E-state index is -0.856. The monoisotopic (exact) mass is 307 g/mol. The van der Waals surface area contributed by atoms with E-state index >= 15 is 0 Å². The molecular formula is C16H21NOS2. The van der Waals surface area contributed by atoms with Crippen LogP contribution in [-0.4, -0.2) is 8.96 Å². The molecule has 1 heterocycles. The molecule has 0 amide bonds. The smallest absolute Gasteiger partial charge is 0.0491 e. The maximum atomic E-state index is 12.2. The lowest BCUT2D eigenvalue weighted by molar-refractivity contribution is 0.648. The van der Waals surface area contributed by atoms with Gasteiger partial charge in [0.25, 0.3) is 0 Å². The van der Waals surface area contributed by atoms with Gasteiger partial charge in [0.05, 0.1) is 0 Å². The Morgan fingerprint density at radius 2 is 2.00 bits per heavy atom. The first-order valence-electron chi connectivity index (χ1n) is 6.67. The second-order valence-electron chi connectivity index (χ2n) is 5.79. The number of anilines is 1. The molecular weight excluding hydrogens is 286 g/mol. The number of hydrogen-bond donors (Lipinski definition) is 1. The second-order valence-corrected chi connectivity index (χ2v) is 8.77. The lowest BCUT2D eigenvalue weighted by Gasteiger charge is -2.18. The van der Waals surface area contributed by atoms with Gasteiger partial charge >= 0.3 is 0 Å². The highest BCUT2D eigenvalue weighted by atomic mass is 32.2. The summed E-state index contributed by atoms with van der Waals surface area (Å²) in [6.45, 7) is 6.88. The third-order valence-electron chi connectivity index (χ3n) is 2.98. The van der Waals surface area contributed by atoms with Gasteiger partial charge in [-0.15, -0.1) is 0 Å². The van der Waals surface area contributed by atoms with Crippen molar-refractivity contribution >= 4 is 27.8 Å².